The van der Waals surface area contributed by atoms with Gasteiger partial charge in [0.2, 0.25) is 0 Å². The molecule has 1 saturated heterocycles. The third-order valence-electron chi connectivity index (χ3n) is 3.43. The van der Waals surface area contributed by atoms with Crippen molar-refractivity contribution in [1.29, 1.82) is 0 Å². The molecule has 1 unspecified atom stereocenters. The summed E-state index contributed by atoms with van der Waals surface area (Å²) in [6.07, 6.45) is 0.489. The molecule has 1 aliphatic heterocycles. The summed E-state index contributed by atoms with van der Waals surface area (Å²) in [5, 5.41) is 3.31. The molecule has 0 aliphatic carbocycles. The van der Waals surface area contributed by atoms with Crippen molar-refractivity contribution in [3.05, 3.63) is 35.4 Å². The quantitative estimate of drug-likeness (QED) is 0.870. The number of rotatable bonds is 3. The minimum absolute atomic E-state index is 0. The van der Waals surface area contributed by atoms with Crippen LogP contribution in [0.3, 0.4) is 0 Å². The number of ketones is 1. The standard InChI is InChI=1S/C15H20N2O2.ClH/c1-3-14(18)12-4-6-13(7-5-12)15(19)17-9-8-16-11(2)10-17;/h4-7,11,16H,3,8-10H2,1-2H3;1H. The number of Topliss-reactive ketones (excluding diaryl/α,β-unsaturated/α-hetero) is 1. The van der Waals surface area contributed by atoms with Crippen LogP contribution in [0.1, 0.15) is 41.0 Å². The molecule has 1 aromatic carbocycles. The Morgan fingerprint density at radius 3 is 2.40 bits per heavy atom. The molecule has 1 N–H and O–H groups in total. The van der Waals surface area contributed by atoms with Crippen LogP contribution in [-0.4, -0.2) is 42.3 Å². The molecule has 5 heteroatoms. The van der Waals surface area contributed by atoms with E-state index in [1.807, 2.05) is 11.8 Å². The molecule has 1 aliphatic rings. The number of halogens is 1. The van der Waals surface area contributed by atoms with Crippen molar-refractivity contribution in [3.8, 4) is 0 Å². The van der Waals surface area contributed by atoms with Gasteiger partial charge in [0.25, 0.3) is 5.91 Å². The van der Waals surface area contributed by atoms with Crippen LogP contribution in [0.25, 0.3) is 0 Å². The highest BCUT2D eigenvalue weighted by molar-refractivity contribution is 5.98. The topological polar surface area (TPSA) is 49.4 Å². The number of carbonyl (C=O) groups is 2. The van der Waals surface area contributed by atoms with Crippen molar-refractivity contribution in [2.24, 2.45) is 0 Å². The fourth-order valence-electron chi connectivity index (χ4n) is 2.30. The van der Waals surface area contributed by atoms with Crippen LogP contribution in [0.5, 0.6) is 0 Å². The molecule has 0 saturated carbocycles. The smallest absolute Gasteiger partial charge is 0.253 e. The number of nitrogens with one attached hydrogen (secondary N) is 1. The van der Waals surface area contributed by atoms with Gasteiger partial charge in [-0.2, -0.15) is 0 Å². The van der Waals surface area contributed by atoms with Crippen LogP contribution in [-0.2, 0) is 0 Å². The Kier molecular flexibility index (Phi) is 6.17. The summed E-state index contributed by atoms with van der Waals surface area (Å²) in [6, 6.07) is 7.31. The number of piperazine rings is 1. The zero-order valence-electron chi connectivity index (χ0n) is 11.9. The van der Waals surface area contributed by atoms with E-state index in [2.05, 4.69) is 12.2 Å². The minimum atomic E-state index is 0. The van der Waals surface area contributed by atoms with Crippen LogP contribution < -0.4 is 5.32 Å². The molecule has 1 atom stereocenters. The van der Waals surface area contributed by atoms with E-state index < -0.39 is 0 Å². The number of hydrogen-bond donors (Lipinski definition) is 1. The summed E-state index contributed by atoms with van der Waals surface area (Å²) in [6.45, 7) is 6.21. The molecule has 4 nitrogen and oxygen atoms in total. The lowest BCUT2D eigenvalue weighted by Gasteiger charge is -2.32. The van der Waals surface area contributed by atoms with E-state index in [0.717, 1.165) is 19.6 Å². The van der Waals surface area contributed by atoms with Crippen LogP contribution in [0.2, 0.25) is 0 Å². The number of hydrogen-bond acceptors (Lipinski definition) is 3. The Morgan fingerprint density at radius 2 is 1.85 bits per heavy atom. The predicted molar refractivity (Wildman–Crippen MR) is 81.7 cm³/mol. The first-order chi connectivity index (χ1) is 9.11. The lowest BCUT2D eigenvalue weighted by Crippen LogP contribution is -2.51. The van der Waals surface area contributed by atoms with E-state index >= 15 is 0 Å². The van der Waals surface area contributed by atoms with Crippen molar-refractivity contribution >= 4 is 24.1 Å². The van der Waals surface area contributed by atoms with Crippen molar-refractivity contribution in [2.75, 3.05) is 19.6 Å². The molecular formula is C15H21ClN2O2. The van der Waals surface area contributed by atoms with Gasteiger partial charge in [0.05, 0.1) is 0 Å². The van der Waals surface area contributed by atoms with E-state index in [1.54, 1.807) is 24.3 Å². The maximum absolute atomic E-state index is 12.3. The zero-order valence-corrected chi connectivity index (χ0v) is 12.7. The Morgan fingerprint density at radius 1 is 1.25 bits per heavy atom. The van der Waals surface area contributed by atoms with E-state index in [4.69, 9.17) is 0 Å². The van der Waals surface area contributed by atoms with Crippen molar-refractivity contribution in [2.45, 2.75) is 26.3 Å². The number of benzene rings is 1. The number of carbonyl (C=O) groups excluding carboxylic acids is 2. The van der Waals surface area contributed by atoms with E-state index in [9.17, 15) is 9.59 Å². The largest absolute Gasteiger partial charge is 0.336 e. The van der Waals surface area contributed by atoms with Gasteiger partial charge in [-0.15, -0.1) is 12.4 Å². The summed E-state index contributed by atoms with van der Waals surface area (Å²) < 4.78 is 0. The average molecular weight is 297 g/mol. The monoisotopic (exact) mass is 296 g/mol. The Labute approximate surface area is 125 Å². The molecule has 1 fully saturated rings. The molecule has 0 bridgehead atoms. The SMILES string of the molecule is CCC(=O)c1ccc(C(=O)N2CCNC(C)C2)cc1.Cl. The fraction of sp³-hybridized carbons (Fsp3) is 0.467. The second kappa shape index (κ2) is 7.41. The minimum Gasteiger partial charge on any atom is -0.336 e. The van der Waals surface area contributed by atoms with Gasteiger partial charge in [-0.05, 0) is 19.1 Å². The summed E-state index contributed by atoms with van der Waals surface area (Å²) in [5.74, 6) is 0.152. The maximum Gasteiger partial charge on any atom is 0.253 e. The molecule has 0 radical (unpaired) electrons. The molecule has 1 aromatic rings. The molecule has 2 rings (SSSR count). The van der Waals surface area contributed by atoms with Crippen molar-refractivity contribution in [3.63, 3.8) is 0 Å². The Bertz CT molecular complexity index is 473. The number of amides is 1. The summed E-state index contributed by atoms with van der Waals surface area (Å²) in [4.78, 5) is 25.7. The second-order valence-electron chi connectivity index (χ2n) is 4.96. The third-order valence-corrected chi connectivity index (χ3v) is 3.43. The van der Waals surface area contributed by atoms with E-state index in [1.165, 1.54) is 0 Å². The summed E-state index contributed by atoms with van der Waals surface area (Å²) in [7, 11) is 0. The lowest BCUT2D eigenvalue weighted by molar-refractivity contribution is 0.0708. The van der Waals surface area contributed by atoms with Gasteiger partial charge in [0.1, 0.15) is 0 Å². The zero-order chi connectivity index (χ0) is 13.8. The lowest BCUT2D eigenvalue weighted by atomic mass is 10.1. The van der Waals surface area contributed by atoms with Crippen LogP contribution in [0.4, 0.5) is 0 Å². The fourth-order valence-corrected chi connectivity index (χ4v) is 2.30. The molecule has 0 spiro atoms. The normalized spacial score (nSPS) is 18.3. The van der Waals surface area contributed by atoms with E-state index in [-0.39, 0.29) is 24.1 Å². The van der Waals surface area contributed by atoms with Crippen LogP contribution in [0, 0.1) is 0 Å². The van der Waals surface area contributed by atoms with Crippen molar-refractivity contribution in [1.82, 2.24) is 10.2 Å². The Balaban J connectivity index is 0.00000200. The van der Waals surface area contributed by atoms with Gasteiger partial charge in [0, 0.05) is 43.2 Å². The third kappa shape index (κ3) is 3.81. The highest BCUT2D eigenvalue weighted by atomic mass is 35.5. The van der Waals surface area contributed by atoms with Gasteiger partial charge >= 0.3 is 0 Å². The predicted octanol–water partition coefficient (Wildman–Crippen LogP) is 2.14. The first kappa shape index (κ1) is 16.7. The molecule has 1 amide bonds. The Hall–Kier alpha value is -1.39. The average Bonchev–Trinajstić information content (AvgIpc) is 2.46. The molecule has 110 valence electrons. The van der Waals surface area contributed by atoms with Gasteiger partial charge in [-0.3, -0.25) is 9.59 Å². The molecule has 1 heterocycles. The van der Waals surface area contributed by atoms with Gasteiger partial charge in [-0.25, -0.2) is 0 Å². The molecular weight excluding hydrogens is 276 g/mol. The summed E-state index contributed by atoms with van der Waals surface area (Å²) in [5.41, 5.74) is 1.33. The summed E-state index contributed by atoms with van der Waals surface area (Å²) >= 11 is 0. The number of nitrogens with zero attached hydrogens (tertiary/aromatic N) is 1. The first-order valence-corrected chi connectivity index (χ1v) is 6.77. The maximum atomic E-state index is 12.3. The molecule has 20 heavy (non-hydrogen) atoms. The van der Waals surface area contributed by atoms with Gasteiger partial charge < -0.3 is 10.2 Å². The highest BCUT2D eigenvalue weighted by Gasteiger charge is 2.21. The molecule has 0 aromatic heterocycles. The van der Waals surface area contributed by atoms with Crippen molar-refractivity contribution < 1.29 is 9.59 Å². The highest BCUT2D eigenvalue weighted by Crippen LogP contribution is 2.11. The van der Waals surface area contributed by atoms with Gasteiger partial charge in [0.15, 0.2) is 5.78 Å². The van der Waals surface area contributed by atoms with Crippen LogP contribution in [0.15, 0.2) is 24.3 Å². The van der Waals surface area contributed by atoms with Gasteiger partial charge in [-0.1, -0.05) is 19.1 Å². The second-order valence-corrected chi connectivity index (χ2v) is 4.96. The first-order valence-electron chi connectivity index (χ1n) is 6.77. The van der Waals surface area contributed by atoms with E-state index in [0.29, 0.717) is 23.6 Å². The van der Waals surface area contributed by atoms with Crippen LogP contribution >= 0.6 is 12.4 Å².